The second-order valence-electron chi connectivity index (χ2n) is 3.65. The summed E-state index contributed by atoms with van der Waals surface area (Å²) in [5.74, 6) is 2.14. The molecule has 1 saturated carbocycles. The monoisotopic (exact) mass is 220 g/mol. The van der Waals surface area contributed by atoms with Crippen molar-refractivity contribution in [3.63, 3.8) is 0 Å². The predicted molar refractivity (Wildman–Crippen MR) is 56.1 cm³/mol. The van der Waals surface area contributed by atoms with Crippen molar-refractivity contribution in [2.24, 2.45) is 0 Å². The second kappa shape index (κ2) is 3.31. The van der Waals surface area contributed by atoms with Crippen LogP contribution in [0.1, 0.15) is 24.6 Å². The number of hydrogen-bond acceptors (Lipinski definition) is 3. The molecule has 2 heterocycles. The Bertz CT molecular complexity index is 476. The van der Waals surface area contributed by atoms with Gasteiger partial charge in [-0.25, -0.2) is 15.0 Å². The normalized spacial score (nSPS) is 15.5. The summed E-state index contributed by atoms with van der Waals surface area (Å²) in [6, 6.07) is 1.75. The molecule has 1 aliphatic rings. The molecule has 0 radical (unpaired) electrons. The van der Waals surface area contributed by atoms with Crippen molar-refractivity contribution >= 4 is 11.6 Å². The van der Waals surface area contributed by atoms with E-state index in [2.05, 4.69) is 15.0 Å². The molecular weight excluding hydrogens is 212 g/mol. The molecule has 0 amide bonds. The molecule has 0 aromatic carbocycles. The minimum absolute atomic E-state index is 0.496. The van der Waals surface area contributed by atoms with Gasteiger partial charge in [0.2, 0.25) is 0 Å². The molecule has 76 valence electrons. The van der Waals surface area contributed by atoms with E-state index in [1.54, 1.807) is 18.6 Å². The Morgan fingerprint density at radius 3 is 2.87 bits per heavy atom. The van der Waals surface area contributed by atoms with Gasteiger partial charge >= 0.3 is 0 Å². The van der Waals surface area contributed by atoms with E-state index in [1.165, 1.54) is 12.8 Å². The van der Waals surface area contributed by atoms with Gasteiger partial charge in [0.1, 0.15) is 23.1 Å². The Morgan fingerprint density at radius 1 is 1.33 bits per heavy atom. The molecule has 1 fully saturated rings. The molecule has 0 unspecified atom stereocenters. The molecule has 4 nitrogen and oxygen atoms in total. The lowest BCUT2D eigenvalue weighted by Gasteiger charge is -2.04. The van der Waals surface area contributed by atoms with Crippen molar-refractivity contribution in [3.05, 3.63) is 35.8 Å². The van der Waals surface area contributed by atoms with Gasteiger partial charge in [0.05, 0.1) is 0 Å². The molecule has 2 aromatic rings. The Morgan fingerprint density at radius 2 is 2.20 bits per heavy atom. The van der Waals surface area contributed by atoms with Gasteiger partial charge in [-0.3, -0.25) is 4.57 Å². The zero-order valence-electron chi connectivity index (χ0n) is 7.97. The average Bonchev–Trinajstić information content (AvgIpc) is 2.93. The van der Waals surface area contributed by atoms with Gasteiger partial charge in [0, 0.05) is 24.4 Å². The van der Waals surface area contributed by atoms with Crippen LogP contribution < -0.4 is 0 Å². The molecule has 0 aliphatic heterocycles. The Hall–Kier alpha value is -1.42. The van der Waals surface area contributed by atoms with Crippen LogP contribution in [0.4, 0.5) is 0 Å². The fourth-order valence-electron chi connectivity index (χ4n) is 1.47. The Labute approximate surface area is 92.0 Å². The van der Waals surface area contributed by atoms with Gasteiger partial charge < -0.3 is 0 Å². The summed E-state index contributed by atoms with van der Waals surface area (Å²) in [7, 11) is 0. The Balaban J connectivity index is 2.07. The molecular formula is C10H9ClN4. The van der Waals surface area contributed by atoms with Crippen molar-refractivity contribution < 1.29 is 0 Å². The summed E-state index contributed by atoms with van der Waals surface area (Å²) in [5, 5.41) is 0.496. The SMILES string of the molecule is Clc1cc(-n2ccnc2)nc(C2CC2)n1. The van der Waals surface area contributed by atoms with Crippen LogP contribution in [0.3, 0.4) is 0 Å². The molecule has 0 saturated heterocycles. The average molecular weight is 221 g/mol. The molecule has 5 heteroatoms. The van der Waals surface area contributed by atoms with Crippen LogP contribution >= 0.6 is 11.6 Å². The highest BCUT2D eigenvalue weighted by Crippen LogP contribution is 2.38. The van der Waals surface area contributed by atoms with Crippen molar-refractivity contribution in [1.29, 1.82) is 0 Å². The molecule has 1 aliphatic carbocycles. The first-order valence-corrected chi connectivity index (χ1v) is 5.23. The van der Waals surface area contributed by atoms with Crippen LogP contribution in [-0.2, 0) is 0 Å². The topological polar surface area (TPSA) is 43.6 Å². The van der Waals surface area contributed by atoms with Crippen LogP contribution in [0.25, 0.3) is 5.82 Å². The summed E-state index contributed by atoms with van der Waals surface area (Å²) in [6.07, 6.45) is 7.60. The minimum atomic E-state index is 0.496. The van der Waals surface area contributed by atoms with E-state index in [0.717, 1.165) is 11.6 Å². The van der Waals surface area contributed by atoms with E-state index >= 15 is 0 Å². The lowest BCUT2D eigenvalue weighted by atomic mass is 10.4. The van der Waals surface area contributed by atoms with Crippen molar-refractivity contribution in [2.75, 3.05) is 0 Å². The lowest BCUT2D eigenvalue weighted by Crippen LogP contribution is -2.00. The molecule has 3 rings (SSSR count). The summed E-state index contributed by atoms with van der Waals surface area (Å²) in [4.78, 5) is 12.7. The van der Waals surface area contributed by atoms with Gasteiger partial charge in [-0.2, -0.15) is 0 Å². The van der Waals surface area contributed by atoms with Gasteiger partial charge in [-0.1, -0.05) is 11.6 Å². The number of rotatable bonds is 2. The third-order valence-electron chi connectivity index (χ3n) is 2.41. The van der Waals surface area contributed by atoms with Crippen LogP contribution in [0.2, 0.25) is 5.15 Å². The summed E-state index contributed by atoms with van der Waals surface area (Å²) < 4.78 is 1.83. The zero-order chi connectivity index (χ0) is 10.3. The first-order chi connectivity index (χ1) is 7.33. The van der Waals surface area contributed by atoms with E-state index < -0.39 is 0 Å². The number of hydrogen-bond donors (Lipinski definition) is 0. The molecule has 0 atom stereocenters. The third kappa shape index (κ3) is 1.72. The maximum absolute atomic E-state index is 5.95. The quantitative estimate of drug-likeness (QED) is 0.729. The molecule has 0 N–H and O–H groups in total. The van der Waals surface area contributed by atoms with E-state index in [0.29, 0.717) is 11.1 Å². The van der Waals surface area contributed by atoms with Crippen LogP contribution in [0.5, 0.6) is 0 Å². The summed E-state index contributed by atoms with van der Waals surface area (Å²) in [5.41, 5.74) is 0. The van der Waals surface area contributed by atoms with E-state index in [9.17, 15) is 0 Å². The van der Waals surface area contributed by atoms with E-state index in [-0.39, 0.29) is 0 Å². The lowest BCUT2D eigenvalue weighted by molar-refractivity contribution is 0.878. The van der Waals surface area contributed by atoms with Crippen LogP contribution in [0, 0.1) is 0 Å². The Kier molecular flexibility index (Phi) is 1.95. The van der Waals surface area contributed by atoms with E-state index in [1.807, 2.05) is 10.8 Å². The van der Waals surface area contributed by atoms with E-state index in [4.69, 9.17) is 11.6 Å². The maximum atomic E-state index is 5.95. The van der Waals surface area contributed by atoms with Gasteiger partial charge in [-0.15, -0.1) is 0 Å². The van der Waals surface area contributed by atoms with Crippen molar-refractivity contribution in [1.82, 2.24) is 19.5 Å². The smallest absolute Gasteiger partial charge is 0.143 e. The maximum Gasteiger partial charge on any atom is 0.143 e. The van der Waals surface area contributed by atoms with Crippen LogP contribution in [-0.4, -0.2) is 19.5 Å². The van der Waals surface area contributed by atoms with Gasteiger partial charge in [0.25, 0.3) is 0 Å². The largest absolute Gasteiger partial charge is 0.290 e. The highest BCUT2D eigenvalue weighted by molar-refractivity contribution is 6.29. The number of halogens is 1. The molecule has 15 heavy (non-hydrogen) atoms. The second-order valence-corrected chi connectivity index (χ2v) is 4.04. The number of aromatic nitrogens is 4. The zero-order valence-corrected chi connectivity index (χ0v) is 8.72. The highest BCUT2D eigenvalue weighted by atomic mass is 35.5. The van der Waals surface area contributed by atoms with Crippen molar-refractivity contribution in [2.45, 2.75) is 18.8 Å². The minimum Gasteiger partial charge on any atom is -0.290 e. The number of imidazole rings is 1. The fraction of sp³-hybridized carbons (Fsp3) is 0.300. The predicted octanol–water partition coefficient (Wildman–Crippen LogP) is 2.19. The third-order valence-corrected chi connectivity index (χ3v) is 2.60. The molecule has 0 bridgehead atoms. The highest BCUT2D eigenvalue weighted by Gasteiger charge is 2.27. The standard InChI is InChI=1S/C10H9ClN4/c11-8-5-9(15-4-3-12-6-15)14-10(13-8)7-1-2-7/h3-7H,1-2H2. The molecule has 0 spiro atoms. The molecule has 2 aromatic heterocycles. The van der Waals surface area contributed by atoms with Crippen molar-refractivity contribution in [3.8, 4) is 5.82 Å². The first kappa shape index (κ1) is 8.85. The summed E-state index contributed by atoms with van der Waals surface area (Å²) in [6.45, 7) is 0. The number of nitrogens with zero attached hydrogens (tertiary/aromatic N) is 4. The summed E-state index contributed by atoms with van der Waals surface area (Å²) >= 11 is 5.95. The van der Waals surface area contributed by atoms with Crippen LogP contribution in [0.15, 0.2) is 24.8 Å². The fourth-order valence-corrected chi connectivity index (χ4v) is 1.66. The van der Waals surface area contributed by atoms with Gasteiger partial charge in [0.15, 0.2) is 0 Å². The van der Waals surface area contributed by atoms with Gasteiger partial charge in [-0.05, 0) is 12.8 Å². The first-order valence-electron chi connectivity index (χ1n) is 4.86.